The SMILES string of the molecule is CCCCC(CO)NC(=O)[C@H](CC(C)C)NC(=O)OCc1ccccc1. The number of carbonyl (C=O) groups excluding carboxylic acids is 2. The fourth-order valence-corrected chi connectivity index (χ4v) is 2.57. The highest BCUT2D eigenvalue weighted by Crippen LogP contribution is 2.08. The summed E-state index contributed by atoms with van der Waals surface area (Å²) in [5.74, 6) is -0.0612. The van der Waals surface area contributed by atoms with Gasteiger partial charge in [-0.2, -0.15) is 0 Å². The normalized spacial score (nSPS) is 13.1. The van der Waals surface area contributed by atoms with Crippen molar-refractivity contribution in [2.75, 3.05) is 6.61 Å². The molecule has 3 N–H and O–H groups in total. The maximum Gasteiger partial charge on any atom is 0.408 e. The molecular formula is C20H32N2O4. The van der Waals surface area contributed by atoms with E-state index in [-0.39, 0.29) is 31.1 Å². The molecule has 0 aliphatic carbocycles. The van der Waals surface area contributed by atoms with Crippen LogP contribution in [-0.4, -0.2) is 35.8 Å². The van der Waals surface area contributed by atoms with E-state index in [0.717, 1.165) is 18.4 Å². The van der Waals surface area contributed by atoms with E-state index < -0.39 is 12.1 Å². The molecule has 0 fully saturated rings. The first-order valence-electron chi connectivity index (χ1n) is 9.34. The zero-order chi connectivity index (χ0) is 19.4. The summed E-state index contributed by atoms with van der Waals surface area (Å²) in [5.41, 5.74) is 0.882. The van der Waals surface area contributed by atoms with Crippen molar-refractivity contribution < 1.29 is 19.4 Å². The van der Waals surface area contributed by atoms with E-state index in [9.17, 15) is 14.7 Å². The second-order valence-electron chi connectivity index (χ2n) is 6.92. The van der Waals surface area contributed by atoms with Gasteiger partial charge >= 0.3 is 6.09 Å². The minimum Gasteiger partial charge on any atom is -0.445 e. The Morgan fingerprint density at radius 2 is 1.85 bits per heavy atom. The monoisotopic (exact) mass is 364 g/mol. The van der Waals surface area contributed by atoms with E-state index in [1.807, 2.05) is 44.2 Å². The lowest BCUT2D eigenvalue weighted by Crippen LogP contribution is -2.51. The molecule has 6 nitrogen and oxygen atoms in total. The predicted molar refractivity (Wildman–Crippen MR) is 102 cm³/mol. The molecule has 0 aliphatic heterocycles. The molecule has 2 amide bonds. The van der Waals surface area contributed by atoms with Crippen molar-refractivity contribution >= 4 is 12.0 Å². The lowest BCUT2D eigenvalue weighted by Gasteiger charge is -2.23. The zero-order valence-electron chi connectivity index (χ0n) is 16.0. The van der Waals surface area contributed by atoms with Crippen LogP contribution in [0.2, 0.25) is 0 Å². The Balaban J connectivity index is 2.58. The number of carbonyl (C=O) groups is 2. The van der Waals surface area contributed by atoms with Crippen LogP contribution in [0.5, 0.6) is 0 Å². The summed E-state index contributed by atoms with van der Waals surface area (Å²) in [6.07, 6.45) is 2.51. The Kier molecular flexibility index (Phi) is 10.4. The topological polar surface area (TPSA) is 87.7 Å². The van der Waals surface area contributed by atoms with E-state index in [0.29, 0.717) is 12.8 Å². The molecule has 6 heteroatoms. The highest BCUT2D eigenvalue weighted by Gasteiger charge is 2.24. The molecule has 0 saturated carbocycles. The molecule has 1 aromatic rings. The molecule has 0 aromatic heterocycles. The average molecular weight is 364 g/mol. The van der Waals surface area contributed by atoms with Crippen LogP contribution in [0.25, 0.3) is 0 Å². The number of aliphatic hydroxyl groups excluding tert-OH is 1. The molecule has 0 radical (unpaired) electrons. The Morgan fingerprint density at radius 3 is 2.42 bits per heavy atom. The molecule has 0 bridgehead atoms. The summed E-state index contributed by atoms with van der Waals surface area (Å²) in [6.45, 7) is 6.06. The van der Waals surface area contributed by atoms with Gasteiger partial charge in [0.25, 0.3) is 0 Å². The molecule has 1 unspecified atom stereocenters. The quantitative estimate of drug-likeness (QED) is 0.563. The fourth-order valence-electron chi connectivity index (χ4n) is 2.57. The third-order valence-electron chi connectivity index (χ3n) is 4.00. The number of hydrogen-bond donors (Lipinski definition) is 3. The van der Waals surface area contributed by atoms with Gasteiger partial charge in [-0.05, 0) is 24.3 Å². The van der Waals surface area contributed by atoms with Gasteiger partial charge < -0.3 is 20.5 Å². The van der Waals surface area contributed by atoms with Gasteiger partial charge in [0.15, 0.2) is 0 Å². The van der Waals surface area contributed by atoms with Crippen LogP contribution in [-0.2, 0) is 16.1 Å². The van der Waals surface area contributed by atoms with Crippen molar-refractivity contribution in [2.45, 2.75) is 65.1 Å². The summed E-state index contributed by atoms with van der Waals surface area (Å²) >= 11 is 0. The van der Waals surface area contributed by atoms with Crippen molar-refractivity contribution in [1.82, 2.24) is 10.6 Å². The number of hydrogen-bond acceptors (Lipinski definition) is 4. The Bertz CT molecular complexity index is 534. The van der Waals surface area contributed by atoms with E-state index >= 15 is 0 Å². The molecule has 1 aromatic carbocycles. The summed E-state index contributed by atoms with van der Waals surface area (Å²) < 4.78 is 5.21. The maximum absolute atomic E-state index is 12.5. The first-order chi connectivity index (χ1) is 12.5. The van der Waals surface area contributed by atoms with Crippen LogP contribution in [0, 0.1) is 5.92 Å². The highest BCUT2D eigenvalue weighted by molar-refractivity contribution is 5.85. The van der Waals surface area contributed by atoms with Crippen molar-refractivity contribution in [1.29, 1.82) is 0 Å². The second kappa shape index (κ2) is 12.3. The number of benzene rings is 1. The van der Waals surface area contributed by atoms with Gasteiger partial charge in [0.1, 0.15) is 12.6 Å². The molecule has 0 heterocycles. The van der Waals surface area contributed by atoms with Crippen LogP contribution < -0.4 is 10.6 Å². The Hall–Kier alpha value is -2.08. The van der Waals surface area contributed by atoms with Gasteiger partial charge in [-0.3, -0.25) is 4.79 Å². The van der Waals surface area contributed by atoms with Gasteiger partial charge in [0, 0.05) is 0 Å². The van der Waals surface area contributed by atoms with Crippen LogP contribution in [0.4, 0.5) is 4.79 Å². The van der Waals surface area contributed by atoms with Crippen molar-refractivity contribution in [2.24, 2.45) is 5.92 Å². The van der Waals surface area contributed by atoms with Gasteiger partial charge in [0.2, 0.25) is 5.91 Å². The third-order valence-corrected chi connectivity index (χ3v) is 4.00. The Morgan fingerprint density at radius 1 is 1.15 bits per heavy atom. The molecular weight excluding hydrogens is 332 g/mol. The van der Waals surface area contributed by atoms with Gasteiger partial charge in [0.05, 0.1) is 12.6 Å². The second-order valence-corrected chi connectivity index (χ2v) is 6.92. The largest absolute Gasteiger partial charge is 0.445 e. The number of unbranched alkanes of at least 4 members (excludes halogenated alkanes) is 1. The fraction of sp³-hybridized carbons (Fsp3) is 0.600. The van der Waals surface area contributed by atoms with Gasteiger partial charge in [-0.15, -0.1) is 0 Å². The number of alkyl carbamates (subject to hydrolysis) is 1. The minimum absolute atomic E-state index is 0.113. The van der Waals surface area contributed by atoms with Crippen LogP contribution in [0.1, 0.15) is 52.0 Å². The molecule has 0 aliphatic rings. The predicted octanol–water partition coefficient (Wildman–Crippen LogP) is 2.99. The number of nitrogens with one attached hydrogen (secondary N) is 2. The standard InChI is InChI=1S/C20H32N2O4/c1-4-5-11-17(13-23)21-19(24)18(12-15(2)3)22-20(25)26-14-16-9-7-6-8-10-16/h6-10,15,17-18,23H,4-5,11-14H2,1-3H3,(H,21,24)(H,22,25)/t17?,18-/m0/s1. The van der Waals surface area contributed by atoms with Gasteiger partial charge in [-0.1, -0.05) is 63.9 Å². The summed E-state index contributed by atoms with van der Waals surface area (Å²) in [4.78, 5) is 24.6. The summed E-state index contributed by atoms with van der Waals surface area (Å²) in [7, 11) is 0. The van der Waals surface area contributed by atoms with Gasteiger partial charge in [-0.25, -0.2) is 4.79 Å². The first kappa shape index (κ1) is 22.0. The molecule has 26 heavy (non-hydrogen) atoms. The smallest absolute Gasteiger partial charge is 0.408 e. The molecule has 1 rings (SSSR count). The Labute approximate surface area is 156 Å². The van der Waals surface area contributed by atoms with E-state index in [4.69, 9.17) is 4.74 Å². The summed E-state index contributed by atoms with van der Waals surface area (Å²) in [6, 6.07) is 8.39. The number of aliphatic hydroxyl groups is 1. The first-order valence-corrected chi connectivity index (χ1v) is 9.34. The highest BCUT2D eigenvalue weighted by atomic mass is 16.5. The van der Waals surface area contributed by atoms with Crippen LogP contribution in [0.3, 0.4) is 0 Å². The van der Waals surface area contributed by atoms with Crippen molar-refractivity contribution in [3.63, 3.8) is 0 Å². The lowest BCUT2D eigenvalue weighted by molar-refractivity contribution is -0.124. The van der Waals surface area contributed by atoms with E-state index in [1.54, 1.807) is 0 Å². The van der Waals surface area contributed by atoms with Crippen LogP contribution in [0.15, 0.2) is 30.3 Å². The zero-order valence-corrected chi connectivity index (χ0v) is 16.0. The van der Waals surface area contributed by atoms with Crippen LogP contribution >= 0.6 is 0 Å². The van der Waals surface area contributed by atoms with Crippen molar-refractivity contribution in [3.05, 3.63) is 35.9 Å². The van der Waals surface area contributed by atoms with E-state index in [1.165, 1.54) is 0 Å². The molecule has 146 valence electrons. The maximum atomic E-state index is 12.5. The third kappa shape index (κ3) is 8.85. The lowest BCUT2D eigenvalue weighted by atomic mass is 10.0. The number of ether oxygens (including phenoxy) is 1. The average Bonchev–Trinajstić information content (AvgIpc) is 2.63. The summed E-state index contributed by atoms with van der Waals surface area (Å²) in [5, 5.41) is 14.9. The van der Waals surface area contributed by atoms with Crippen molar-refractivity contribution in [3.8, 4) is 0 Å². The van der Waals surface area contributed by atoms with E-state index in [2.05, 4.69) is 17.6 Å². The molecule has 0 saturated heterocycles. The minimum atomic E-state index is -0.686. The number of rotatable bonds is 11. The number of amides is 2. The molecule has 2 atom stereocenters. The molecule has 0 spiro atoms.